The van der Waals surface area contributed by atoms with Gasteiger partial charge in [0, 0.05) is 16.0 Å². The lowest BCUT2D eigenvalue weighted by molar-refractivity contribution is 0.692. The number of alkyl halides is 2. The summed E-state index contributed by atoms with van der Waals surface area (Å²) in [6.07, 6.45) is 1.17. The zero-order valence-corrected chi connectivity index (χ0v) is 6.84. The number of hydrogen-bond acceptors (Lipinski definition) is 0. The van der Waals surface area contributed by atoms with Gasteiger partial charge in [0.05, 0.1) is 0 Å². The van der Waals surface area contributed by atoms with E-state index in [2.05, 4.69) is 31.9 Å². The maximum Gasteiger partial charge on any atom is 0.0393 e. The van der Waals surface area contributed by atoms with E-state index in [-0.39, 0.29) is 0 Å². The Labute approximate surface area is 66.5 Å². The Morgan fingerprint density at radius 1 is 1.43 bits per heavy atom. The average Bonchev–Trinajstić information content (AvgIpc) is 2.31. The van der Waals surface area contributed by atoms with Gasteiger partial charge in [-0.1, -0.05) is 31.9 Å². The summed E-state index contributed by atoms with van der Waals surface area (Å²) in [4.78, 5) is 0. The summed E-state index contributed by atoms with van der Waals surface area (Å²) in [5, 5.41) is -3.24. The second-order valence-electron chi connectivity index (χ2n) is 1.77. The van der Waals surface area contributed by atoms with Crippen molar-refractivity contribution in [3.63, 3.8) is 0 Å². The Hall–Kier alpha value is 0.960. The van der Waals surface area contributed by atoms with E-state index in [4.69, 9.17) is 5.48 Å². The molecule has 0 heterocycles. The second-order valence-corrected chi connectivity index (χ2v) is 2.56. The summed E-state index contributed by atoms with van der Waals surface area (Å²) in [6.45, 7) is 0. The fourth-order valence-corrected chi connectivity index (χ4v) is 1.59. The molecule has 1 rings (SSSR count). The molecule has 0 bridgehead atoms. The van der Waals surface area contributed by atoms with Crippen LogP contribution < -0.4 is 0 Å². The lowest BCUT2D eigenvalue weighted by Crippen LogP contribution is -2.01. The third-order valence-corrected chi connectivity index (χ3v) is 2.63. The minimum atomic E-state index is -1.62. The van der Waals surface area contributed by atoms with Gasteiger partial charge < -0.3 is 0 Å². The highest BCUT2D eigenvalue weighted by Crippen LogP contribution is 2.48. The van der Waals surface area contributed by atoms with Gasteiger partial charge in [0.25, 0.3) is 0 Å². The molecule has 7 heavy (non-hydrogen) atoms. The zero-order valence-electron chi connectivity index (χ0n) is 7.67. The molecule has 42 valence electrons. The van der Waals surface area contributed by atoms with Crippen molar-refractivity contribution in [3.8, 4) is 0 Å². The summed E-state index contributed by atoms with van der Waals surface area (Å²) in [7, 11) is 0. The molecule has 0 nitrogen and oxygen atoms in total. The van der Waals surface area contributed by atoms with Gasteiger partial charge in [-0.25, -0.2) is 0 Å². The highest BCUT2D eigenvalue weighted by Gasteiger charge is 2.39. The number of hydrogen-bond donors (Lipinski definition) is 0. The van der Waals surface area contributed by atoms with E-state index in [0.29, 0.717) is 12.8 Å². The van der Waals surface area contributed by atoms with Gasteiger partial charge in [-0.2, -0.15) is 0 Å². The first-order valence-corrected chi connectivity index (χ1v) is 3.67. The van der Waals surface area contributed by atoms with Crippen LogP contribution in [-0.4, -0.2) is 10.6 Å². The Morgan fingerprint density at radius 2 is 1.86 bits per heavy atom. The van der Waals surface area contributed by atoms with Crippen LogP contribution in [0.15, 0.2) is 0 Å². The molecular weight excluding hydrogens is 220 g/mol. The van der Waals surface area contributed by atoms with Crippen LogP contribution in [0.25, 0.3) is 0 Å². The molecule has 0 N–H and O–H groups in total. The zero-order chi connectivity index (χ0) is 8.91. The van der Waals surface area contributed by atoms with Crippen molar-refractivity contribution >= 4 is 31.9 Å². The van der Waals surface area contributed by atoms with Crippen molar-refractivity contribution in [2.75, 3.05) is 10.6 Å². The normalized spacial score (nSPS) is 37.4. The fraction of sp³-hybridized carbons (Fsp3) is 1.00. The molecular formula is C5H8Br2. The summed E-state index contributed by atoms with van der Waals surface area (Å²) in [6, 6.07) is 0. The van der Waals surface area contributed by atoms with Crippen LogP contribution in [0.4, 0.5) is 0 Å². The van der Waals surface area contributed by atoms with Gasteiger partial charge in [-0.3, -0.25) is 0 Å². The van der Waals surface area contributed by atoms with Crippen molar-refractivity contribution < 1.29 is 5.48 Å². The van der Waals surface area contributed by atoms with E-state index < -0.39 is 16.0 Å². The van der Waals surface area contributed by atoms with Crippen LogP contribution in [0.1, 0.15) is 18.3 Å². The summed E-state index contributed by atoms with van der Waals surface area (Å²) in [5.41, 5.74) is -0.875. The standard InChI is InChI=1S/C5H8Br2/c6-3-5(4-7)1-2-5/h1-4H2/i3D2,4D2. The Morgan fingerprint density at radius 3 is 1.86 bits per heavy atom. The van der Waals surface area contributed by atoms with Crippen LogP contribution in [0, 0.1) is 5.41 Å². The van der Waals surface area contributed by atoms with Crippen LogP contribution in [0.2, 0.25) is 0 Å². The molecule has 0 aromatic carbocycles. The molecule has 1 fully saturated rings. The Bertz CT molecular complexity index is 148. The van der Waals surface area contributed by atoms with Crippen LogP contribution in [0.3, 0.4) is 0 Å². The first-order valence-electron chi connectivity index (χ1n) is 4.09. The maximum absolute atomic E-state index is 7.37. The van der Waals surface area contributed by atoms with Crippen LogP contribution in [0.5, 0.6) is 0 Å². The first kappa shape index (κ1) is 2.70. The molecule has 0 radical (unpaired) electrons. The molecule has 1 aliphatic carbocycles. The Kier molecular flexibility index (Phi) is 0.793. The average molecular weight is 232 g/mol. The quantitative estimate of drug-likeness (QED) is 0.641. The predicted octanol–water partition coefficient (Wildman–Crippen LogP) is 2.56. The molecule has 1 saturated carbocycles. The topological polar surface area (TPSA) is 0 Å². The van der Waals surface area contributed by atoms with Gasteiger partial charge in [0.15, 0.2) is 0 Å². The number of rotatable bonds is 2. The van der Waals surface area contributed by atoms with Crippen molar-refractivity contribution in [3.05, 3.63) is 0 Å². The highest BCUT2D eigenvalue weighted by atomic mass is 79.9. The third kappa shape index (κ3) is 1.20. The summed E-state index contributed by atoms with van der Waals surface area (Å²) in [5.74, 6) is 0. The van der Waals surface area contributed by atoms with Crippen molar-refractivity contribution in [1.82, 2.24) is 0 Å². The van der Waals surface area contributed by atoms with E-state index in [9.17, 15) is 0 Å². The summed E-state index contributed by atoms with van der Waals surface area (Å²) >= 11 is 5.72. The van der Waals surface area contributed by atoms with Crippen molar-refractivity contribution in [2.45, 2.75) is 12.8 Å². The van der Waals surface area contributed by atoms with E-state index in [1.807, 2.05) is 0 Å². The van der Waals surface area contributed by atoms with Crippen LogP contribution in [-0.2, 0) is 0 Å². The SMILES string of the molecule is [2H]C([2H])(Br)C1(C([2H])([2H])Br)CC1. The third-order valence-electron chi connectivity index (χ3n) is 1.11. The van der Waals surface area contributed by atoms with E-state index in [1.54, 1.807) is 0 Å². The Balaban J connectivity index is 2.85. The maximum atomic E-state index is 7.37. The van der Waals surface area contributed by atoms with E-state index >= 15 is 0 Å². The lowest BCUT2D eigenvalue weighted by atomic mass is 10.2. The van der Waals surface area contributed by atoms with Gasteiger partial charge in [-0.05, 0) is 18.3 Å². The fourth-order valence-electron chi connectivity index (χ4n) is 0.332. The van der Waals surface area contributed by atoms with Crippen molar-refractivity contribution in [1.29, 1.82) is 0 Å². The molecule has 2 heteroatoms. The smallest absolute Gasteiger partial charge is 0.0393 e. The molecule has 0 aromatic rings. The monoisotopic (exact) mass is 230 g/mol. The minimum Gasteiger partial charge on any atom is -0.0922 e. The van der Waals surface area contributed by atoms with E-state index in [1.165, 1.54) is 0 Å². The van der Waals surface area contributed by atoms with Crippen molar-refractivity contribution in [2.24, 2.45) is 5.41 Å². The number of halogens is 2. The molecule has 0 amide bonds. The first-order chi connectivity index (χ1) is 4.71. The molecule has 0 aromatic heterocycles. The molecule has 0 saturated heterocycles. The van der Waals surface area contributed by atoms with Gasteiger partial charge in [0.2, 0.25) is 0 Å². The van der Waals surface area contributed by atoms with E-state index in [0.717, 1.165) is 0 Å². The molecule has 0 aliphatic heterocycles. The van der Waals surface area contributed by atoms with Gasteiger partial charge >= 0.3 is 0 Å². The second kappa shape index (κ2) is 2.06. The molecule has 0 unspecified atom stereocenters. The lowest BCUT2D eigenvalue weighted by Gasteiger charge is -2.01. The predicted molar refractivity (Wildman–Crippen MR) is 39.3 cm³/mol. The molecule has 0 atom stereocenters. The van der Waals surface area contributed by atoms with Gasteiger partial charge in [-0.15, -0.1) is 0 Å². The molecule has 0 spiro atoms. The molecule has 1 aliphatic rings. The minimum absolute atomic E-state index is 0.587. The van der Waals surface area contributed by atoms with Crippen LogP contribution >= 0.6 is 31.9 Å². The van der Waals surface area contributed by atoms with Gasteiger partial charge in [0.1, 0.15) is 0 Å². The largest absolute Gasteiger partial charge is 0.0922 e. The summed E-state index contributed by atoms with van der Waals surface area (Å²) < 4.78 is 29.5. The highest BCUT2D eigenvalue weighted by molar-refractivity contribution is 9.09.